The normalized spacial score (nSPS) is 18.8. The van der Waals surface area contributed by atoms with Gasteiger partial charge in [-0.2, -0.15) is 0 Å². The Kier molecular flexibility index (Phi) is 5.69. The zero-order valence-corrected chi connectivity index (χ0v) is 12.6. The number of carbonyl (C=O) groups is 1. The lowest BCUT2D eigenvalue weighted by Gasteiger charge is -2.36. The first kappa shape index (κ1) is 16.3. The lowest BCUT2D eigenvalue weighted by Crippen LogP contribution is -2.58. The third-order valence-corrected chi connectivity index (χ3v) is 4.85. The van der Waals surface area contributed by atoms with Crippen LogP contribution in [0.2, 0.25) is 0 Å². The lowest BCUT2D eigenvalue weighted by atomic mass is 9.82. The van der Waals surface area contributed by atoms with Crippen LogP contribution in [0.5, 0.6) is 0 Å². The van der Waals surface area contributed by atoms with Crippen LogP contribution in [-0.4, -0.2) is 37.3 Å². The van der Waals surface area contributed by atoms with Crippen LogP contribution in [0.4, 0.5) is 0 Å². The van der Waals surface area contributed by atoms with E-state index in [2.05, 4.69) is 9.46 Å². The van der Waals surface area contributed by atoms with Gasteiger partial charge >= 0.3 is 5.97 Å². The van der Waals surface area contributed by atoms with Crippen LogP contribution < -0.4 is 10.5 Å². The Bertz CT molecular complexity index is 442. The van der Waals surface area contributed by atoms with Gasteiger partial charge in [0.2, 0.25) is 10.0 Å². The van der Waals surface area contributed by atoms with Crippen LogP contribution in [0.25, 0.3) is 0 Å². The summed E-state index contributed by atoms with van der Waals surface area (Å²) in [6.45, 7) is 1.77. The van der Waals surface area contributed by atoms with E-state index < -0.39 is 27.3 Å². The highest BCUT2D eigenvalue weighted by Crippen LogP contribution is 2.29. The molecular weight excluding hydrogens is 288 g/mol. The molecule has 1 rings (SSSR count). The maximum Gasteiger partial charge on any atom is 0.322 e. The van der Waals surface area contributed by atoms with Crippen LogP contribution in [0.15, 0.2) is 0 Å². The number of hydrogen-bond donors (Lipinski definition) is 2. The number of rotatable bonds is 6. The standard InChI is InChI=1S/C11H20N2O4S2/c1-2-17-9(14)8-19(15,16)13-11(10(12)18)6-4-3-5-7-11/h13H,2-8H2,1H3,(H2,12,18). The van der Waals surface area contributed by atoms with E-state index in [1.54, 1.807) is 6.92 Å². The molecule has 0 saturated heterocycles. The summed E-state index contributed by atoms with van der Waals surface area (Å²) >= 11 is 5.00. The molecule has 0 atom stereocenters. The van der Waals surface area contributed by atoms with Crippen molar-refractivity contribution in [2.75, 3.05) is 12.4 Å². The zero-order valence-electron chi connectivity index (χ0n) is 11.0. The van der Waals surface area contributed by atoms with E-state index in [1.165, 1.54) is 0 Å². The van der Waals surface area contributed by atoms with Crippen LogP contribution >= 0.6 is 12.2 Å². The number of carbonyl (C=O) groups excluding carboxylic acids is 1. The van der Waals surface area contributed by atoms with Gasteiger partial charge in [0.15, 0.2) is 5.75 Å². The van der Waals surface area contributed by atoms with E-state index in [9.17, 15) is 13.2 Å². The summed E-state index contributed by atoms with van der Waals surface area (Å²) in [7, 11) is -3.80. The first-order chi connectivity index (χ1) is 8.81. The van der Waals surface area contributed by atoms with E-state index in [1.807, 2.05) is 0 Å². The van der Waals surface area contributed by atoms with Gasteiger partial charge in [-0.05, 0) is 19.8 Å². The first-order valence-electron chi connectivity index (χ1n) is 6.28. The van der Waals surface area contributed by atoms with Gasteiger partial charge in [-0.3, -0.25) is 4.79 Å². The van der Waals surface area contributed by atoms with Crippen LogP contribution in [0, 0.1) is 0 Å². The summed E-state index contributed by atoms with van der Waals surface area (Å²) in [6, 6.07) is 0. The molecule has 110 valence electrons. The quantitative estimate of drug-likeness (QED) is 0.546. The molecule has 3 N–H and O–H groups in total. The molecule has 1 aliphatic rings. The molecule has 1 aliphatic carbocycles. The highest BCUT2D eigenvalue weighted by Gasteiger charge is 2.39. The highest BCUT2D eigenvalue weighted by atomic mass is 32.2. The Morgan fingerprint density at radius 2 is 1.95 bits per heavy atom. The molecule has 0 heterocycles. The molecule has 0 unspecified atom stereocenters. The monoisotopic (exact) mass is 308 g/mol. The number of nitrogens with two attached hydrogens (primary N) is 1. The fourth-order valence-corrected chi connectivity index (χ4v) is 3.94. The van der Waals surface area contributed by atoms with Crippen LogP contribution in [-0.2, 0) is 19.6 Å². The van der Waals surface area contributed by atoms with Crippen molar-refractivity contribution in [3.05, 3.63) is 0 Å². The summed E-state index contributed by atoms with van der Waals surface area (Å²) < 4.78 is 31.1. The molecule has 0 radical (unpaired) electrons. The van der Waals surface area contributed by atoms with Gasteiger partial charge in [0.1, 0.15) is 0 Å². The largest absolute Gasteiger partial charge is 0.465 e. The number of esters is 1. The van der Waals surface area contributed by atoms with Gasteiger partial charge in [-0.1, -0.05) is 31.5 Å². The summed E-state index contributed by atoms with van der Waals surface area (Å²) in [5.74, 6) is -1.48. The summed E-state index contributed by atoms with van der Waals surface area (Å²) in [6.07, 6.45) is 3.90. The summed E-state index contributed by atoms with van der Waals surface area (Å²) in [5.41, 5.74) is 4.80. The van der Waals surface area contributed by atoms with Crippen molar-refractivity contribution in [1.29, 1.82) is 0 Å². The second-order valence-electron chi connectivity index (χ2n) is 4.67. The minimum Gasteiger partial charge on any atom is -0.465 e. The van der Waals surface area contributed by atoms with Gasteiger partial charge in [0, 0.05) is 0 Å². The second kappa shape index (κ2) is 6.62. The Morgan fingerprint density at radius 1 is 1.37 bits per heavy atom. The van der Waals surface area contributed by atoms with Crippen molar-refractivity contribution in [2.45, 2.75) is 44.6 Å². The molecule has 0 aromatic heterocycles. The van der Waals surface area contributed by atoms with Crippen molar-refractivity contribution < 1.29 is 17.9 Å². The van der Waals surface area contributed by atoms with Gasteiger partial charge < -0.3 is 10.5 Å². The van der Waals surface area contributed by atoms with Gasteiger partial charge in [-0.15, -0.1) is 0 Å². The molecule has 0 amide bonds. The Morgan fingerprint density at radius 3 is 2.42 bits per heavy atom. The van der Waals surface area contributed by atoms with Crippen molar-refractivity contribution in [2.24, 2.45) is 5.73 Å². The zero-order chi connectivity index (χ0) is 14.5. The third kappa shape index (κ3) is 4.70. The Labute approximate surface area is 119 Å². The molecule has 0 bridgehead atoms. The van der Waals surface area contributed by atoms with Crippen molar-refractivity contribution in [3.8, 4) is 0 Å². The third-order valence-electron chi connectivity index (χ3n) is 3.14. The Balaban J connectivity index is 2.78. The summed E-state index contributed by atoms with van der Waals surface area (Å²) in [4.78, 5) is 11.4. The molecule has 1 fully saturated rings. The van der Waals surface area contributed by atoms with Gasteiger partial charge in [0.05, 0.1) is 17.1 Å². The maximum absolute atomic E-state index is 12.0. The van der Waals surface area contributed by atoms with E-state index in [-0.39, 0.29) is 11.6 Å². The van der Waals surface area contributed by atoms with Gasteiger partial charge in [-0.25, -0.2) is 13.1 Å². The van der Waals surface area contributed by atoms with Crippen LogP contribution in [0.1, 0.15) is 39.0 Å². The smallest absolute Gasteiger partial charge is 0.322 e. The number of sulfonamides is 1. The van der Waals surface area contributed by atoms with Crippen LogP contribution in [0.3, 0.4) is 0 Å². The van der Waals surface area contributed by atoms with E-state index >= 15 is 0 Å². The van der Waals surface area contributed by atoms with E-state index in [4.69, 9.17) is 18.0 Å². The first-order valence-corrected chi connectivity index (χ1v) is 8.34. The summed E-state index contributed by atoms with van der Waals surface area (Å²) in [5, 5.41) is 0. The fourth-order valence-electron chi connectivity index (χ4n) is 2.25. The highest BCUT2D eigenvalue weighted by molar-refractivity contribution is 7.90. The predicted octanol–water partition coefficient (Wildman–Crippen LogP) is 0.458. The molecule has 19 heavy (non-hydrogen) atoms. The fraction of sp³-hybridized carbons (Fsp3) is 0.818. The lowest BCUT2D eigenvalue weighted by molar-refractivity contribution is -0.139. The average Bonchev–Trinajstić information content (AvgIpc) is 2.28. The van der Waals surface area contributed by atoms with Crippen molar-refractivity contribution in [1.82, 2.24) is 4.72 Å². The maximum atomic E-state index is 12.0. The topological polar surface area (TPSA) is 98.5 Å². The number of hydrogen-bond acceptors (Lipinski definition) is 5. The SMILES string of the molecule is CCOC(=O)CS(=O)(=O)NC1(C(N)=S)CCCCC1. The van der Waals surface area contributed by atoms with E-state index in [0.29, 0.717) is 12.8 Å². The van der Waals surface area contributed by atoms with E-state index in [0.717, 1.165) is 19.3 Å². The van der Waals surface area contributed by atoms with Crippen molar-refractivity contribution >= 4 is 33.2 Å². The predicted molar refractivity (Wildman–Crippen MR) is 76.2 cm³/mol. The molecular formula is C11H20N2O4S2. The Hall–Kier alpha value is -0.730. The molecule has 8 heteroatoms. The van der Waals surface area contributed by atoms with Crippen molar-refractivity contribution in [3.63, 3.8) is 0 Å². The average molecular weight is 308 g/mol. The minimum atomic E-state index is -3.80. The minimum absolute atomic E-state index is 0.139. The molecule has 0 aromatic rings. The molecule has 0 spiro atoms. The molecule has 6 nitrogen and oxygen atoms in total. The number of nitrogens with one attached hydrogen (secondary N) is 1. The van der Waals surface area contributed by atoms with Gasteiger partial charge in [0.25, 0.3) is 0 Å². The number of thiocarbonyl (C=S) groups is 1. The number of ether oxygens (including phenoxy) is 1. The second-order valence-corrected chi connectivity index (χ2v) is 6.84. The molecule has 1 saturated carbocycles. The molecule has 0 aromatic carbocycles. The molecule has 0 aliphatic heterocycles.